The molecule has 2 heteroatoms. The summed E-state index contributed by atoms with van der Waals surface area (Å²) in [4.78, 5) is 16.4. The number of rotatable bonds is 8. The van der Waals surface area contributed by atoms with Crippen molar-refractivity contribution in [3.8, 4) is 0 Å². The van der Waals surface area contributed by atoms with E-state index in [0.717, 1.165) is 31.5 Å². The molecule has 0 bridgehead atoms. The van der Waals surface area contributed by atoms with Crippen LogP contribution >= 0.6 is 0 Å². The molecule has 3 aromatic carbocycles. The lowest BCUT2D eigenvalue weighted by molar-refractivity contribution is -0.119. The number of allylic oxidation sites excluding steroid dienone is 1. The third kappa shape index (κ3) is 4.93. The Morgan fingerprint density at radius 2 is 1.29 bits per heavy atom. The van der Waals surface area contributed by atoms with Gasteiger partial charge in [0.05, 0.1) is 0 Å². The number of hydrogen-bond donors (Lipinski definition) is 0. The predicted octanol–water partition coefficient (Wildman–Crippen LogP) is 7.01. The Kier molecular flexibility index (Phi) is 7.06. The molecular weight excluding hydrogens is 414 g/mol. The smallest absolute Gasteiger partial charge is 0.163 e. The Bertz CT molecular complexity index is 1080. The Balaban J connectivity index is 1.58. The topological polar surface area (TPSA) is 20.3 Å². The van der Waals surface area contributed by atoms with E-state index in [0.29, 0.717) is 11.7 Å². The molecule has 0 saturated heterocycles. The van der Waals surface area contributed by atoms with Gasteiger partial charge in [-0.3, -0.25) is 9.69 Å². The first-order valence-corrected chi connectivity index (χ1v) is 12.8. The van der Waals surface area contributed by atoms with Gasteiger partial charge in [0.2, 0.25) is 0 Å². The molecule has 2 aliphatic rings. The van der Waals surface area contributed by atoms with Crippen molar-refractivity contribution in [2.45, 2.75) is 58.2 Å². The fourth-order valence-electron chi connectivity index (χ4n) is 6.05. The zero-order valence-corrected chi connectivity index (χ0v) is 20.2. The zero-order chi connectivity index (χ0) is 23.3. The van der Waals surface area contributed by atoms with Crippen LogP contribution in [-0.4, -0.2) is 16.7 Å². The van der Waals surface area contributed by atoms with Crippen LogP contribution in [0.4, 0.5) is 0 Å². The number of nitrogens with zero attached hydrogens (tertiary/aromatic N) is 1. The number of hydrogen-bond acceptors (Lipinski definition) is 2. The lowest BCUT2D eigenvalue weighted by atomic mass is 9.81. The number of fused-ring (bicyclic) bond motifs is 1. The molecule has 3 aromatic rings. The van der Waals surface area contributed by atoms with Crippen molar-refractivity contribution in [2.24, 2.45) is 11.8 Å². The van der Waals surface area contributed by atoms with Gasteiger partial charge in [-0.2, -0.15) is 0 Å². The van der Waals surface area contributed by atoms with Crippen LogP contribution in [0.3, 0.4) is 0 Å². The summed E-state index contributed by atoms with van der Waals surface area (Å²) in [6.07, 6.45) is 5.59. The molecule has 0 heterocycles. The highest BCUT2D eigenvalue weighted by atomic mass is 16.1. The Morgan fingerprint density at radius 3 is 1.85 bits per heavy atom. The molecule has 34 heavy (non-hydrogen) atoms. The van der Waals surface area contributed by atoms with Gasteiger partial charge in [-0.15, -0.1) is 0 Å². The number of Topliss-reactive ketones (excluding diaryl/α,β-unsaturated/α-hetero) is 1. The van der Waals surface area contributed by atoms with Crippen molar-refractivity contribution >= 4 is 5.78 Å². The van der Waals surface area contributed by atoms with E-state index < -0.39 is 0 Å². The van der Waals surface area contributed by atoms with E-state index in [1.54, 1.807) is 0 Å². The van der Waals surface area contributed by atoms with E-state index in [9.17, 15) is 4.79 Å². The SMILES string of the molecule is C[C@@H]1C(=O)C([C@H](Cc2ccccc2)N(Cc2ccccc2)Cc2ccccc2)=C2CCCC[C@H]21. The molecule has 2 aliphatic carbocycles. The first-order valence-electron chi connectivity index (χ1n) is 12.8. The molecule has 5 rings (SSSR count). The van der Waals surface area contributed by atoms with Crippen LogP contribution in [0.15, 0.2) is 102 Å². The van der Waals surface area contributed by atoms with Gasteiger partial charge in [0.1, 0.15) is 0 Å². The highest BCUT2D eigenvalue weighted by Crippen LogP contribution is 2.45. The van der Waals surface area contributed by atoms with Gasteiger partial charge in [0.15, 0.2) is 5.78 Å². The fourth-order valence-corrected chi connectivity index (χ4v) is 6.05. The average molecular weight is 450 g/mol. The van der Waals surface area contributed by atoms with E-state index in [1.165, 1.54) is 41.5 Å². The van der Waals surface area contributed by atoms with Gasteiger partial charge in [0, 0.05) is 30.6 Å². The third-order valence-corrected chi connectivity index (χ3v) is 7.79. The van der Waals surface area contributed by atoms with E-state index in [-0.39, 0.29) is 12.0 Å². The number of carbonyl (C=O) groups is 1. The number of ketones is 1. The molecule has 0 aromatic heterocycles. The van der Waals surface area contributed by atoms with Crippen LogP contribution < -0.4 is 0 Å². The lowest BCUT2D eigenvalue weighted by Crippen LogP contribution is -2.40. The van der Waals surface area contributed by atoms with E-state index in [4.69, 9.17) is 0 Å². The molecule has 0 radical (unpaired) electrons. The summed E-state index contributed by atoms with van der Waals surface area (Å²) >= 11 is 0. The molecule has 3 atom stereocenters. The van der Waals surface area contributed by atoms with E-state index >= 15 is 0 Å². The normalized spacial score (nSPS) is 21.1. The minimum atomic E-state index is 0.0795. The molecule has 1 fully saturated rings. The average Bonchev–Trinajstić information content (AvgIpc) is 3.14. The second kappa shape index (κ2) is 10.5. The van der Waals surface area contributed by atoms with Crippen LogP contribution in [0.1, 0.15) is 49.3 Å². The number of carbonyl (C=O) groups excluding carboxylic acids is 1. The minimum absolute atomic E-state index is 0.0795. The third-order valence-electron chi connectivity index (χ3n) is 7.79. The zero-order valence-electron chi connectivity index (χ0n) is 20.2. The maximum absolute atomic E-state index is 13.8. The van der Waals surface area contributed by atoms with Gasteiger partial charge in [-0.1, -0.05) is 110 Å². The van der Waals surface area contributed by atoms with Crippen molar-refractivity contribution < 1.29 is 4.79 Å². The Labute approximate surface area is 204 Å². The number of benzene rings is 3. The molecule has 0 unspecified atom stereocenters. The van der Waals surface area contributed by atoms with E-state index in [1.807, 2.05) is 0 Å². The quantitative estimate of drug-likeness (QED) is 0.369. The summed E-state index contributed by atoms with van der Waals surface area (Å²) in [6.45, 7) is 3.83. The standard InChI is InChI=1S/C32H35NO/c1-24-28-19-11-12-20-29(28)31(32(24)34)30(21-25-13-5-2-6-14-25)33(22-26-15-7-3-8-16-26)23-27-17-9-4-10-18-27/h2-10,13-18,24,28,30H,11-12,19-23H2,1H3/t24-,28-,30-/m0/s1. The minimum Gasteiger partial charge on any atom is -0.294 e. The van der Waals surface area contributed by atoms with Crippen molar-refractivity contribution in [3.05, 3.63) is 119 Å². The maximum Gasteiger partial charge on any atom is 0.163 e. The summed E-state index contributed by atoms with van der Waals surface area (Å²) in [5.74, 6) is 0.970. The Morgan fingerprint density at radius 1 is 0.765 bits per heavy atom. The largest absolute Gasteiger partial charge is 0.294 e. The predicted molar refractivity (Wildman–Crippen MR) is 139 cm³/mol. The molecule has 2 nitrogen and oxygen atoms in total. The summed E-state index contributed by atoms with van der Waals surface area (Å²) in [6, 6.07) is 32.2. The van der Waals surface area contributed by atoms with Crippen LogP contribution in [0.2, 0.25) is 0 Å². The second-order valence-electron chi connectivity index (χ2n) is 10.0. The van der Waals surface area contributed by atoms with Crippen molar-refractivity contribution in [3.63, 3.8) is 0 Å². The highest BCUT2D eigenvalue weighted by molar-refractivity contribution is 6.02. The summed E-state index contributed by atoms with van der Waals surface area (Å²) in [5, 5.41) is 0. The molecule has 0 aliphatic heterocycles. The fraction of sp³-hybridized carbons (Fsp3) is 0.344. The van der Waals surface area contributed by atoms with E-state index in [2.05, 4.69) is 103 Å². The second-order valence-corrected chi connectivity index (χ2v) is 10.0. The highest BCUT2D eigenvalue weighted by Gasteiger charge is 2.43. The van der Waals surface area contributed by atoms with Crippen molar-refractivity contribution in [1.29, 1.82) is 0 Å². The molecule has 1 saturated carbocycles. The van der Waals surface area contributed by atoms with Gasteiger partial charge < -0.3 is 0 Å². The van der Waals surface area contributed by atoms with Gasteiger partial charge in [-0.25, -0.2) is 0 Å². The van der Waals surface area contributed by atoms with Crippen molar-refractivity contribution in [2.75, 3.05) is 0 Å². The van der Waals surface area contributed by atoms with Crippen LogP contribution in [-0.2, 0) is 24.3 Å². The van der Waals surface area contributed by atoms with Gasteiger partial charge in [-0.05, 0) is 48.3 Å². The molecule has 0 amide bonds. The summed E-state index contributed by atoms with van der Waals surface area (Å²) in [5.41, 5.74) is 6.48. The van der Waals surface area contributed by atoms with Gasteiger partial charge >= 0.3 is 0 Å². The van der Waals surface area contributed by atoms with Crippen LogP contribution in [0, 0.1) is 11.8 Å². The monoisotopic (exact) mass is 449 g/mol. The molecule has 0 N–H and O–H groups in total. The van der Waals surface area contributed by atoms with Crippen LogP contribution in [0.5, 0.6) is 0 Å². The summed E-state index contributed by atoms with van der Waals surface area (Å²) in [7, 11) is 0. The first kappa shape index (κ1) is 22.8. The van der Waals surface area contributed by atoms with Crippen molar-refractivity contribution in [1.82, 2.24) is 4.90 Å². The maximum atomic E-state index is 13.8. The summed E-state index contributed by atoms with van der Waals surface area (Å²) < 4.78 is 0. The van der Waals surface area contributed by atoms with Crippen LogP contribution in [0.25, 0.3) is 0 Å². The lowest BCUT2D eigenvalue weighted by Gasteiger charge is -2.34. The molecular formula is C32H35NO. The van der Waals surface area contributed by atoms with Gasteiger partial charge in [0.25, 0.3) is 0 Å². The first-order chi connectivity index (χ1) is 16.7. The molecule has 174 valence electrons. The Hall–Kier alpha value is -2.97. The molecule has 0 spiro atoms.